The van der Waals surface area contributed by atoms with E-state index in [1.165, 1.54) is 4.68 Å². The third-order valence-corrected chi connectivity index (χ3v) is 5.64. The molecule has 1 heterocycles. The molecule has 0 aliphatic heterocycles. The van der Waals surface area contributed by atoms with E-state index in [0.29, 0.717) is 17.1 Å². The van der Waals surface area contributed by atoms with Crippen LogP contribution in [0.15, 0.2) is 51.4 Å². The molecule has 0 saturated carbocycles. The first-order valence-electron chi connectivity index (χ1n) is 8.37. The third-order valence-electron chi connectivity index (χ3n) is 4.05. The lowest BCUT2D eigenvalue weighted by atomic mass is 10.2. The number of para-hydroxylation sites is 1. The largest absolute Gasteiger partial charge is 0.323 e. The van der Waals surface area contributed by atoms with Gasteiger partial charge in [-0.2, -0.15) is 0 Å². The Hall–Kier alpha value is -2.52. The van der Waals surface area contributed by atoms with E-state index in [1.807, 2.05) is 37.3 Å². The molecule has 1 aromatic heterocycles. The van der Waals surface area contributed by atoms with E-state index in [2.05, 4.69) is 52.8 Å². The number of aryl methyl sites for hydroxylation is 1. The number of hydrogen-bond acceptors (Lipinski definition) is 4. The van der Waals surface area contributed by atoms with Crippen LogP contribution in [0.25, 0.3) is 0 Å². The number of rotatable bonds is 5. The molecule has 0 unspecified atom stereocenters. The Morgan fingerprint density at radius 3 is 2.50 bits per heavy atom. The Morgan fingerprint density at radius 2 is 1.79 bits per heavy atom. The second-order valence-corrected chi connectivity index (χ2v) is 7.84. The van der Waals surface area contributed by atoms with E-state index in [-0.39, 0.29) is 24.1 Å². The molecule has 0 saturated heterocycles. The van der Waals surface area contributed by atoms with Crippen molar-refractivity contribution in [1.82, 2.24) is 15.0 Å². The molecule has 0 aliphatic carbocycles. The molecule has 0 aliphatic rings. The van der Waals surface area contributed by atoms with Gasteiger partial charge in [0.05, 0.1) is 11.4 Å². The molecule has 0 atom stereocenters. The molecular formula is C19H17Br2N5O2. The molecule has 144 valence electrons. The summed E-state index contributed by atoms with van der Waals surface area (Å²) in [4.78, 5) is 24.8. The number of amides is 2. The predicted octanol–water partition coefficient (Wildman–Crippen LogP) is 4.31. The third kappa shape index (κ3) is 4.66. The number of aromatic nitrogens is 3. The van der Waals surface area contributed by atoms with Gasteiger partial charge in [-0.15, -0.1) is 5.10 Å². The first kappa shape index (κ1) is 20.2. The maximum Gasteiger partial charge on any atom is 0.278 e. The van der Waals surface area contributed by atoms with Crippen molar-refractivity contribution >= 4 is 55.0 Å². The van der Waals surface area contributed by atoms with Crippen LogP contribution >= 0.6 is 31.9 Å². The van der Waals surface area contributed by atoms with Crippen LogP contribution in [-0.4, -0.2) is 26.8 Å². The van der Waals surface area contributed by atoms with Crippen molar-refractivity contribution in [2.45, 2.75) is 20.4 Å². The zero-order chi connectivity index (χ0) is 20.3. The Morgan fingerprint density at radius 1 is 1.04 bits per heavy atom. The van der Waals surface area contributed by atoms with Crippen LogP contribution in [-0.2, 0) is 11.3 Å². The summed E-state index contributed by atoms with van der Waals surface area (Å²) < 4.78 is 3.14. The summed E-state index contributed by atoms with van der Waals surface area (Å²) in [6.45, 7) is 3.59. The van der Waals surface area contributed by atoms with Crippen LogP contribution in [0.2, 0.25) is 0 Å². The van der Waals surface area contributed by atoms with Gasteiger partial charge in [0.1, 0.15) is 6.54 Å². The Labute approximate surface area is 178 Å². The highest BCUT2D eigenvalue weighted by Crippen LogP contribution is 2.22. The molecule has 0 spiro atoms. The summed E-state index contributed by atoms with van der Waals surface area (Å²) in [7, 11) is 0. The van der Waals surface area contributed by atoms with Crippen molar-refractivity contribution in [2.75, 3.05) is 10.6 Å². The monoisotopic (exact) mass is 505 g/mol. The number of benzene rings is 2. The highest BCUT2D eigenvalue weighted by atomic mass is 79.9. The standard InChI is InChI=1S/C19H17Br2N5O2/c1-11-9-13(7-8-14(11)20)22-19(28)18-12(2)26(25-24-18)10-17(27)23-16-6-4-3-5-15(16)21/h3-9H,10H2,1-2H3,(H,22,28)(H,23,27). The quantitative estimate of drug-likeness (QED) is 0.539. The van der Waals surface area contributed by atoms with Gasteiger partial charge in [-0.25, -0.2) is 4.68 Å². The molecule has 0 radical (unpaired) electrons. The van der Waals surface area contributed by atoms with E-state index in [4.69, 9.17) is 0 Å². The predicted molar refractivity (Wildman–Crippen MR) is 114 cm³/mol. The maximum absolute atomic E-state index is 12.5. The van der Waals surface area contributed by atoms with Crippen LogP contribution in [0.5, 0.6) is 0 Å². The number of halogens is 2. The van der Waals surface area contributed by atoms with Crippen molar-refractivity contribution in [2.24, 2.45) is 0 Å². The average Bonchev–Trinajstić information content (AvgIpc) is 3.01. The smallest absolute Gasteiger partial charge is 0.278 e. The van der Waals surface area contributed by atoms with E-state index < -0.39 is 0 Å². The molecule has 3 aromatic rings. The van der Waals surface area contributed by atoms with Crippen molar-refractivity contribution in [3.8, 4) is 0 Å². The molecule has 3 rings (SSSR count). The first-order chi connectivity index (χ1) is 13.3. The normalized spacial score (nSPS) is 10.6. The minimum Gasteiger partial charge on any atom is -0.323 e. The van der Waals surface area contributed by atoms with Crippen molar-refractivity contribution in [3.05, 3.63) is 68.4 Å². The van der Waals surface area contributed by atoms with E-state index >= 15 is 0 Å². The number of carbonyl (C=O) groups excluding carboxylic acids is 2. The average molecular weight is 507 g/mol. The SMILES string of the molecule is Cc1cc(NC(=O)c2nnn(CC(=O)Nc3ccccc3Br)c2C)ccc1Br. The minimum absolute atomic E-state index is 0.0508. The summed E-state index contributed by atoms with van der Waals surface area (Å²) in [6.07, 6.45) is 0. The van der Waals surface area contributed by atoms with E-state index in [0.717, 1.165) is 14.5 Å². The topological polar surface area (TPSA) is 88.9 Å². The summed E-state index contributed by atoms with van der Waals surface area (Å²) >= 11 is 6.81. The second-order valence-electron chi connectivity index (χ2n) is 6.13. The maximum atomic E-state index is 12.5. The second kappa shape index (κ2) is 8.66. The van der Waals surface area contributed by atoms with Gasteiger partial charge in [-0.3, -0.25) is 9.59 Å². The molecule has 2 aromatic carbocycles. The summed E-state index contributed by atoms with van der Waals surface area (Å²) in [5.41, 5.74) is 3.00. The Balaban J connectivity index is 1.69. The van der Waals surface area contributed by atoms with Crippen LogP contribution in [0.3, 0.4) is 0 Å². The fourth-order valence-electron chi connectivity index (χ4n) is 2.52. The van der Waals surface area contributed by atoms with Crippen molar-refractivity contribution in [3.63, 3.8) is 0 Å². The zero-order valence-corrected chi connectivity index (χ0v) is 18.3. The number of nitrogens with zero attached hydrogens (tertiary/aromatic N) is 3. The summed E-state index contributed by atoms with van der Waals surface area (Å²) in [5.74, 6) is -0.646. The van der Waals surface area contributed by atoms with Gasteiger partial charge in [-0.05, 0) is 65.7 Å². The lowest BCUT2D eigenvalue weighted by Crippen LogP contribution is -2.21. The van der Waals surface area contributed by atoms with Crippen LogP contribution in [0, 0.1) is 13.8 Å². The van der Waals surface area contributed by atoms with Crippen molar-refractivity contribution < 1.29 is 9.59 Å². The summed E-state index contributed by atoms with van der Waals surface area (Å²) in [6, 6.07) is 12.8. The molecule has 9 heteroatoms. The van der Waals surface area contributed by atoms with Crippen LogP contribution < -0.4 is 10.6 Å². The van der Waals surface area contributed by atoms with Gasteiger partial charge < -0.3 is 10.6 Å². The minimum atomic E-state index is -0.378. The van der Waals surface area contributed by atoms with E-state index in [1.54, 1.807) is 19.1 Å². The number of nitrogens with one attached hydrogen (secondary N) is 2. The fraction of sp³-hybridized carbons (Fsp3) is 0.158. The lowest BCUT2D eigenvalue weighted by Gasteiger charge is -2.08. The number of carbonyl (C=O) groups is 2. The van der Waals surface area contributed by atoms with Gasteiger partial charge in [-0.1, -0.05) is 33.3 Å². The molecule has 0 bridgehead atoms. The van der Waals surface area contributed by atoms with Gasteiger partial charge in [0.15, 0.2) is 5.69 Å². The summed E-state index contributed by atoms with van der Waals surface area (Å²) in [5, 5.41) is 13.5. The zero-order valence-electron chi connectivity index (χ0n) is 15.2. The van der Waals surface area contributed by atoms with Gasteiger partial charge in [0.25, 0.3) is 5.91 Å². The molecular weight excluding hydrogens is 490 g/mol. The van der Waals surface area contributed by atoms with Crippen LogP contribution in [0.4, 0.5) is 11.4 Å². The molecule has 7 nitrogen and oxygen atoms in total. The molecule has 0 fully saturated rings. The number of anilines is 2. The molecule has 2 amide bonds. The van der Waals surface area contributed by atoms with Gasteiger partial charge >= 0.3 is 0 Å². The fourth-order valence-corrected chi connectivity index (χ4v) is 3.15. The number of hydrogen-bond donors (Lipinski definition) is 2. The Kier molecular flexibility index (Phi) is 6.25. The Bertz CT molecular complexity index is 1050. The van der Waals surface area contributed by atoms with Gasteiger partial charge in [0, 0.05) is 14.6 Å². The first-order valence-corrected chi connectivity index (χ1v) is 9.95. The highest BCUT2D eigenvalue weighted by Gasteiger charge is 2.18. The highest BCUT2D eigenvalue weighted by molar-refractivity contribution is 9.10. The van der Waals surface area contributed by atoms with Gasteiger partial charge in [0.2, 0.25) is 5.91 Å². The van der Waals surface area contributed by atoms with Crippen LogP contribution in [0.1, 0.15) is 21.7 Å². The van der Waals surface area contributed by atoms with Crippen molar-refractivity contribution in [1.29, 1.82) is 0 Å². The van der Waals surface area contributed by atoms with E-state index in [9.17, 15) is 9.59 Å². The lowest BCUT2D eigenvalue weighted by molar-refractivity contribution is -0.117. The molecule has 2 N–H and O–H groups in total. The molecule has 28 heavy (non-hydrogen) atoms.